The zero-order chi connectivity index (χ0) is 24.9. The van der Waals surface area contributed by atoms with Crippen molar-refractivity contribution in [2.75, 3.05) is 12.0 Å². The summed E-state index contributed by atoms with van der Waals surface area (Å²) in [5.74, 6) is -0.984. The maximum absolute atomic E-state index is 13.3. The Labute approximate surface area is 193 Å². The summed E-state index contributed by atoms with van der Waals surface area (Å²) < 4.78 is 79.6. The van der Waals surface area contributed by atoms with Gasteiger partial charge in [-0.1, -0.05) is 17.7 Å². The second kappa shape index (κ2) is 10.2. The summed E-state index contributed by atoms with van der Waals surface area (Å²) >= 11 is 5.40. The quantitative estimate of drug-likeness (QED) is 0.351. The van der Waals surface area contributed by atoms with E-state index in [1.807, 2.05) is 0 Å². The van der Waals surface area contributed by atoms with Gasteiger partial charge in [-0.05, 0) is 18.6 Å². The molecule has 1 amide bonds. The Morgan fingerprint density at radius 1 is 1.09 bits per heavy atom. The number of rotatable bonds is 5. The molecular formula is C20H15ClF6N6O. The lowest BCUT2D eigenvalue weighted by molar-refractivity contribution is -0.142. The number of alkyl halides is 6. The minimum atomic E-state index is -5.11. The molecule has 1 atom stereocenters. The van der Waals surface area contributed by atoms with Crippen LogP contribution in [0.2, 0.25) is 5.02 Å². The maximum atomic E-state index is 13.3. The number of halogens is 7. The summed E-state index contributed by atoms with van der Waals surface area (Å²) in [5.41, 5.74) is 1.15. The summed E-state index contributed by atoms with van der Waals surface area (Å²) in [7, 11) is 0. The highest BCUT2D eigenvalue weighted by atomic mass is 35.5. The molecule has 0 spiro atoms. The fourth-order valence-electron chi connectivity index (χ4n) is 2.82. The molecule has 1 unspecified atom stereocenters. The lowest BCUT2D eigenvalue weighted by Gasteiger charge is -2.16. The summed E-state index contributed by atoms with van der Waals surface area (Å²) in [5, 5.41) is -1.44. The molecule has 180 valence electrons. The molecule has 2 aromatic rings. The van der Waals surface area contributed by atoms with Gasteiger partial charge >= 0.3 is 12.4 Å². The number of anilines is 1. The van der Waals surface area contributed by atoms with Crippen LogP contribution in [0.25, 0.3) is 0 Å². The predicted molar refractivity (Wildman–Crippen MR) is 112 cm³/mol. The van der Waals surface area contributed by atoms with E-state index in [1.54, 1.807) is 0 Å². The van der Waals surface area contributed by atoms with Crippen molar-refractivity contribution in [1.29, 1.82) is 0 Å². The molecule has 1 aromatic heterocycles. The molecule has 14 heteroatoms. The first-order valence-corrected chi connectivity index (χ1v) is 9.90. The highest BCUT2D eigenvalue weighted by Gasteiger charge is 2.41. The topological polar surface area (TPSA) is 91.6 Å². The van der Waals surface area contributed by atoms with Gasteiger partial charge in [0.2, 0.25) is 0 Å². The Balaban J connectivity index is 1.76. The number of amides is 1. The van der Waals surface area contributed by atoms with E-state index in [9.17, 15) is 31.1 Å². The number of hydrogen-bond donors (Lipinski definition) is 2. The Bertz CT molecular complexity index is 1100. The maximum Gasteiger partial charge on any atom is 0.417 e. The fraction of sp³-hybridized carbons (Fsp3) is 0.250. The lowest BCUT2D eigenvalue weighted by atomic mass is 10.0. The smallest absolute Gasteiger partial charge is 0.280 e. The second-order valence-electron chi connectivity index (χ2n) is 6.88. The molecule has 1 aliphatic heterocycles. The van der Waals surface area contributed by atoms with Crippen LogP contribution in [0, 0.1) is 5.92 Å². The van der Waals surface area contributed by atoms with Crippen LogP contribution in [0.15, 0.2) is 52.9 Å². The first-order chi connectivity index (χ1) is 15.9. The SMILES string of the molecule is O=C(/C=C\C1C=NC(c2cc(C(F)(F)F)c(Cl)c(C(F)(F)F)c2)=NCC1)NNc1cnccn1. The van der Waals surface area contributed by atoms with Crippen LogP contribution in [0.1, 0.15) is 23.1 Å². The van der Waals surface area contributed by atoms with Crippen molar-refractivity contribution in [2.45, 2.75) is 18.8 Å². The predicted octanol–water partition coefficient (Wildman–Crippen LogP) is 4.70. The minimum Gasteiger partial charge on any atom is -0.280 e. The van der Waals surface area contributed by atoms with Gasteiger partial charge in [0.15, 0.2) is 11.7 Å². The standard InChI is InChI=1S/C20H15ClF6N6O/c21-17-13(19(22,23)24)7-12(8-14(17)20(25,26)27)18-30-4-3-11(9-31-18)1-2-16(34)33-32-15-10-28-5-6-29-15/h1-2,5-11H,3-4H2,(H,29,32)(H,33,34)/b2-1-. The van der Waals surface area contributed by atoms with E-state index in [-0.39, 0.29) is 12.4 Å². The van der Waals surface area contributed by atoms with Crippen LogP contribution in [-0.4, -0.2) is 34.5 Å². The second-order valence-corrected chi connectivity index (χ2v) is 7.26. The third-order valence-corrected chi connectivity index (χ3v) is 4.83. The van der Waals surface area contributed by atoms with E-state index >= 15 is 0 Å². The molecule has 2 heterocycles. The van der Waals surface area contributed by atoms with E-state index in [4.69, 9.17) is 11.6 Å². The molecule has 7 nitrogen and oxygen atoms in total. The molecule has 2 N–H and O–H groups in total. The number of nitrogens with one attached hydrogen (secondary N) is 2. The van der Waals surface area contributed by atoms with Gasteiger partial charge in [-0.15, -0.1) is 0 Å². The first kappa shape index (κ1) is 25.1. The number of amidine groups is 1. The van der Waals surface area contributed by atoms with Crippen molar-refractivity contribution >= 4 is 35.4 Å². The Hall–Kier alpha value is -3.48. The van der Waals surface area contributed by atoms with Gasteiger partial charge in [0, 0.05) is 42.7 Å². The van der Waals surface area contributed by atoms with Crippen molar-refractivity contribution in [3.63, 3.8) is 0 Å². The number of nitrogens with zero attached hydrogens (tertiary/aromatic N) is 4. The third kappa shape index (κ3) is 6.53. The van der Waals surface area contributed by atoms with E-state index in [2.05, 4.69) is 30.8 Å². The van der Waals surface area contributed by atoms with Gasteiger partial charge in [0.1, 0.15) is 0 Å². The van der Waals surface area contributed by atoms with Gasteiger partial charge in [-0.3, -0.25) is 25.6 Å². The van der Waals surface area contributed by atoms with Gasteiger partial charge < -0.3 is 0 Å². The third-order valence-electron chi connectivity index (χ3n) is 4.43. The number of carbonyl (C=O) groups excluding carboxylic acids is 1. The number of carbonyl (C=O) groups is 1. The highest BCUT2D eigenvalue weighted by Crippen LogP contribution is 2.43. The molecule has 0 fully saturated rings. The van der Waals surface area contributed by atoms with Gasteiger partial charge in [-0.25, -0.2) is 9.98 Å². The van der Waals surface area contributed by atoms with Crippen LogP contribution in [-0.2, 0) is 17.1 Å². The normalized spacial score (nSPS) is 16.8. The molecule has 0 saturated carbocycles. The average molecular weight is 505 g/mol. The zero-order valence-corrected chi connectivity index (χ0v) is 17.7. The zero-order valence-electron chi connectivity index (χ0n) is 17.0. The molecule has 34 heavy (non-hydrogen) atoms. The number of benzene rings is 1. The number of aromatic nitrogens is 2. The molecule has 1 aliphatic rings. The number of hydrazine groups is 1. The molecule has 3 rings (SSSR count). The number of allylic oxidation sites excluding steroid dienone is 1. The summed E-state index contributed by atoms with van der Waals surface area (Å²) in [6.07, 6.45) is -1.70. The largest absolute Gasteiger partial charge is 0.417 e. The fourth-order valence-corrected chi connectivity index (χ4v) is 3.14. The van der Waals surface area contributed by atoms with Crippen LogP contribution in [0.3, 0.4) is 0 Å². The van der Waals surface area contributed by atoms with Crippen molar-refractivity contribution in [2.24, 2.45) is 15.9 Å². The van der Waals surface area contributed by atoms with Crippen molar-refractivity contribution in [3.8, 4) is 0 Å². The van der Waals surface area contributed by atoms with Crippen LogP contribution in [0.5, 0.6) is 0 Å². The van der Waals surface area contributed by atoms with E-state index in [1.165, 1.54) is 37.0 Å². The molecule has 0 bridgehead atoms. The average Bonchev–Trinajstić information content (AvgIpc) is 3.01. The number of hydrogen-bond acceptors (Lipinski definition) is 6. The van der Waals surface area contributed by atoms with Crippen molar-refractivity contribution < 1.29 is 31.1 Å². The Morgan fingerprint density at radius 3 is 2.35 bits per heavy atom. The Morgan fingerprint density at radius 2 is 1.76 bits per heavy atom. The summed E-state index contributed by atoms with van der Waals surface area (Å²) in [4.78, 5) is 27.6. The first-order valence-electron chi connectivity index (χ1n) is 9.52. The molecule has 0 aliphatic carbocycles. The van der Waals surface area contributed by atoms with Crippen LogP contribution >= 0.6 is 11.6 Å². The lowest BCUT2D eigenvalue weighted by Crippen LogP contribution is -2.28. The summed E-state index contributed by atoms with van der Waals surface area (Å²) in [6, 6.07) is 0.963. The molecular weight excluding hydrogens is 490 g/mol. The monoisotopic (exact) mass is 504 g/mol. The van der Waals surface area contributed by atoms with E-state index in [0.29, 0.717) is 24.4 Å². The molecule has 0 saturated heterocycles. The van der Waals surface area contributed by atoms with Gasteiger partial charge in [0.25, 0.3) is 5.91 Å². The minimum absolute atomic E-state index is 0.0507. The van der Waals surface area contributed by atoms with E-state index < -0.39 is 45.9 Å². The van der Waals surface area contributed by atoms with E-state index in [0.717, 1.165) is 0 Å². The van der Waals surface area contributed by atoms with Crippen LogP contribution < -0.4 is 10.9 Å². The van der Waals surface area contributed by atoms with Crippen molar-refractivity contribution in [3.05, 3.63) is 64.6 Å². The van der Waals surface area contributed by atoms with Gasteiger partial charge in [-0.2, -0.15) is 26.3 Å². The van der Waals surface area contributed by atoms with Gasteiger partial charge in [0.05, 0.1) is 22.3 Å². The van der Waals surface area contributed by atoms with Crippen LogP contribution in [0.4, 0.5) is 32.2 Å². The number of aliphatic imine (C=N–C) groups is 2. The molecule has 0 radical (unpaired) electrons. The Kier molecular flexibility index (Phi) is 7.54. The molecule has 1 aromatic carbocycles. The highest BCUT2D eigenvalue weighted by molar-refractivity contribution is 6.32. The van der Waals surface area contributed by atoms with Crippen molar-refractivity contribution in [1.82, 2.24) is 15.4 Å². The summed E-state index contributed by atoms with van der Waals surface area (Å²) in [6.45, 7) is 0.0507.